The van der Waals surface area contributed by atoms with Gasteiger partial charge in [0, 0.05) is 22.5 Å². The molecule has 1 N–H and O–H groups in total. The molecule has 1 nitrogen and oxygen atoms in total. The Morgan fingerprint density at radius 2 is 1.68 bits per heavy atom. The van der Waals surface area contributed by atoms with Crippen molar-refractivity contribution in [3.8, 4) is 0 Å². The van der Waals surface area contributed by atoms with E-state index in [1.165, 1.54) is 18.2 Å². The summed E-state index contributed by atoms with van der Waals surface area (Å²) in [6, 6.07) is 7.54. The smallest absolute Gasteiger partial charge is 0.130 e. The Kier molecular flexibility index (Phi) is 4.71. The van der Waals surface area contributed by atoms with Gasteiger partial charge < -0.3 is 5.32 Å². The monoisotopic (exact) mass is 345 g/mol. The summed E-state index contributed by atoms with van der Waals surface area (Å²) in [6.45, 7) is 3.74. The second-order valence-corrected chi connectivity index (χ2v) is 6.88. The maximum Gasteiger partial charge on any atom is 0.130 e. The first-order valence-electron chi connectivity index (χ1n) is 5.94. The van der Waals surface area contributed by atoms with Crippen LogP contribution in [0.2, 0.25) is 0 Å². The third-order valence-electron chi connectivity index (χ3n) is 2.95. The SMILES string of the molecule is CC(NC(C)c1c(F)cccc1F)c1ccc(Br)s1. The summed E-state index contributed by atoms with van der Waals surface area (Å²) in [5.41, 5.74) is 0.0879. The molecule has 0 aliphatic rings. The fourth-order valence-electron chi connectivity index (χ4n) is 2.03. The first-order valence-corrected chi connectivity index (χ1v) is 7.55. The van der Waals surface area contributed by atoms with Crippen molar-refractivity contribution < 1.29 is 8.78 Å². The molecule has 0 radical (unpaired) electrons. The predicted molar refractivity (Wildman–Crippen MR) is 78.3 cm³/mol. The van der Waals surface area contributed by atoms with E-state index in [-0.39, 0.29) is 11.6 Å². The van der Waals surface area contributed by atoms with Crippen molar-refractivity contribution in [2.75, 3.05) is 0 Å². The minimum absolute atomic E-state index is 0.0327. The number of hydrogen-bond donors (Lipinski definition) is 1. The van der Waals surface area contributed by atoms with E-state index in [9.17, 15) is 8.78 Å². The van der Waals surface area contributed by atoms with Gasteiger partial charge in [-0.3, -0.25) is 0 Å². The highest BCUT2D eigenvalue weighted by Gasteiger charge is 2.18. The lowest BCUT2D eigenvalue weighted by molar-refractivity contribution is 0.453. The van der Waals surface area contributed by atoms with Crippen LogP contribution < -0.4 is 5.32 Å². The summed E-state index contributed by atoms with van der Waals surface area (Å²) in [6.07, 6.45) is 0. The van der Waals surface area contributed by atoms with Gasteiger partial charge in [-0.25, -0.2) is 8.78 Å². The maximum absolute atomic E-state index is 13.7. The van der Waals surface area contributed by atoms with E-state index in [1.54, 1.807) is 18.3 Å². The molecule has 19 heavy (non-hydrogen) atoms. The molecule has 2 rings (SSSR count). The van der Waals surface area contributed by atoms with Crippen molar-refractivity contribution >= 4 is 27.3 Å². The van der Waals surface area contributed by atoms with Crippen LogP contribution in [0, 0.1) is 11.6 Å². The average Bonchev–Trinajstić information content (AvgIpc) is 2.75. The summed E-state index contributed by atoms with van der Waals surface area (Å²) >= 11 is 5.01. The van der Waals surface area contributed by atoms with Gasteiger partial charge in [-0.1, -0.05) is 6.07 Å². The third kappa shape index (κ3) is 3.41. The number of nitrogens with one attached hydrogen (secondary N) is 1. The van der Waals surface area contributed by atoms with Gasteiger partial charge in [0.05, 0.1) is 3.79 Å². The van der Waals surface area contributed by atoms with Gasteiger partial charge in [-0.15, -0.1) is 11.3 Å². The Balaban J connectivity index is 2.15. The first-order chi connectivity index (χ1) is 8.99. The minimum atomic E-state index is -0.514. The lowest BCUT2D eigenvalue weighted by atomic mass is 10.1. The molecule has 1 aromatic carbocycles. The number of thiophene rings is 1. The van der Waals surface area contributed by atoms with E-state index < -0.39 is 17.7 Å². The van der Waals surface area contributed by atoms with Crippen molar-refractivity contribution in [1.29, 1.82) is 0 Å². The molecule has 2 unspecified atom stereocenters. The highest BCUT2D eigenvalue weighted by Crippen LogP contribution is 2.29. The van der Waals surface area contributed by atoms with Crippen LogP contribution in [0.15, 0.2) is 34.1 Å². The molecule has 102 valence electrons. The quantitative estimate of drug-likeness (QED) is 0.802. The van der Waals surface area contributed by atoms with Gasteiger partial charge in [0.1, 0.15) is 11.6 Å². The van der Waals surface area contributed by atoms with Crippen LogP contribution in [-0.4, -0.2) is 0 Å². The molecule has 1 heterocycles. The van der Waals surface area contributed by atoms with E-state index in [4.69, 9.17) is 0 Å². The van der Waals surface area contributed by atoms with Crippen LogP contribution in [0.25, 0.3) is 0 Å². The maximum atomic E-state index is 13.7. The summed E-state index contributed by atoms with van der Waals surface area (Å²) in [4.78, 5) is 1.12. The van der Waals surface area contributed by atoms with E-state index in [0.717, 1.165) is 8.66 Å². The van der Waals surface area contributed by atoms with Crippen molar-refractivity contribution in [1.82, 2.24) is 5.32 Å². The van der Waals surface area contributed by atoms with E-state index in [1.807, 2.05) is 19.1 Å². The summed E-state index contributed by atoms with van der Waals surface area (Å²) in [7, 11) is 0. The van der Waals surface area contributed by atoms with Crippen LogP contribution in [0.3, 0.4) is 0 Å². The van der Waals surface area contributed by atoms with Gasteiger partial charge in [-0.2, -0.15) is 0 Å². The summed E-state index contributed by atoms with van der Waals surface area (Å²) in [5, 5.41) is 3.22. The van der Waals surface area contributed by atoms with Gasteiger partial charge >= 0.3 is 0 Å². The minimum Gasteiger partial charge on any atom is -0.303 e. The number of hydrogen-bond acceptors (Lipinski definition) is 2. The highest BCUT2D eigenvalue weighted by atomic mass is 79.9. The molecule has 5 heteroatoms. The zero-order chi connectivity index (χ0) is 14.0. The van der Waals surface area contributed by atoms with Crippen molar-refractivity contribution in [3.05, 3.63) is 56.2 Å². The van der Waals surface area contributed by atoms with Gasteiger partial charge in [0.2, 0.25) is 0 Å². The Labute approximate surface area is 123 Å². The second-order valence-electron chi connectivity index (χ2n) is 4.39. The standard InChI is InChI=1S/C14H14BrF2NS/c1-8(12-6-7-13(15)19-12)18-9(2)14-10(16)4-3-5-11(14)17/h3-9,18H,1-2H3. The molecule has 0 spiro atoms. The van der Waals surface area contributed by atoms with Gasteiger partial charge in [0.25, 0.3) is 0 Å². The zero-order valence-electron chi connectivity index (χ0n) is 10.6. The van der Waals surface area contributed by atoms with Crippen LogP contribution in [-0.2, 0) is 0 Å². The van der Waals surface area contributed by atoms with Gasteiger partial charge in [-0.05, 0) is 54.0 Å². The van der Waals surface area contributed by atoms with E-state index in [2.05, 4.69) is 21.2 Å². The molecule has 0 aliphatic heterocycles. The lowest BCUT2D eigenvalue weighted by Gasteiger charge is -2.20. The van der Waals surface area contributed by atoms with Gasteiger partial charge in [0.15, 0.2) is 0 Å². The fraction of sp³-hybridized carbons (Fsp3) is 0.286. The highest BCUT2D eigenvalue weighted by molar-refractivity contribution is 9.11. The Morgan fingerprint density at radius 3 is 2.21 bits per heavy atom. The molecule has 0 saturated carbocycles. The number of halogens is 3. The molecular weight excluding hydrogens is 332 g/mol. The summed E-state index contributed by atoms with van der Waals surface area (Å²) in [5.74, 6) is -1.03. The Hall–Kier alpha value is -0.780. The molecule has 2 aromatic rings. The molecule has 0 aliphatic carbocycles. The largest absolute Gasteiger partial charge is 0.303 e. The normalized spacial score (nSPS) is 14.4. The molecule has 0 bridgehead atoms. The van der Waals surface area contributed by atoms with Crippen LogP contribution >= 0.6 is 27.3 Å². The Morgan fingerprint density at radius 1 is 1.05 bits per heavy atom. The molecule has 1 aromatic heterocycles. The van der Waals surface area contributed by atoms with Crippen molar-refractivity contribution in [2.24, 2.45) is 0 Å². The van der Waals surface area contributed by atoms with Crippen LogP contribution in [0.1, 0.15) is 36.4 Å². The van der Waals surface area contributed by atoms with E-state index >= 15 is 0 Å². The number of rotatable bonds is 4. The molecule has 0 amide bonds. The first kappa shape index (κ1) is 14.6. The zero-order valence-corrected chi connectivity index (χ0v) is 13.0. The topological polar surface area (TPSA) is 12.0 Å². The molecular formula is C14H14BrF2NS. The molecule has 0 saturated heterocycles. The van der Waals surface area contributed by atoms with Crippen molar-refractivity contribution in [2.45, 2.75) is 25.9 Å². The van der Waals surface area contributed by atoms with Crippen molar-refractivity contribution in [3.63, 3.8) is 0 Å². The number of benzene rings is 1. The fourth-order valence-corrected chi connectivity index (χ4v) is 3.46. The van der Waals surface area contributed by atoms with Crippen LogP contribution in [0.5, 0.6) is 0 Å². The predicted octanol–water partition coefficient (Wildman–Crippen LogP) is 5.20. The Bertz CT molecular complexity index is 550. The van der Waals surface area contributed by atoms with E-state index in [0.29, 0.717) is 0 Å². The lowest BCUT2D eigenvalue weighted by Crippen LogP contribution is -2.23. The summed E-state index contributed by atoms with van der Waals surface area (Å²) < 4.78 is 28.4. The average molecular weight is 346 g/mol. The second kappa shape index (κ2) is 6.11. The third-order valence-corrected chi connectivity index (χ3v) is 4.76. The van der Waals surface area contributed by atoms with Crippen LogP contribution in [0.4, 0.5) is 8.78 Å². The molecule has 2 atom stereocenters. The molecule has 0 fully saturated rings.